The second kappa shape index (κ2) is 7.21. The topological polar surface area (TPSA) is 0 Å². The van der Waals surface area contributed by atoms with Crippen LogP contribution in [-0.4, -0.2) is 8.07 Å². The largest absolute Gasteiger partial charge is 0.206 e. The number of halogens is 2. The van der Waals surface area contributed by atoms with Crippen LogP contribution in [0.2, 0.25) is 24.7 Å². The molecule has 0 aliphatic carbocycles. The lowest BCUT2D eigenvalue weighted by Crippen LogP contribution is -2.34. The van der Waals surface area contributed by atoms with Gasteiger partial charge < -0.3 is 0 Å². The summed E-state index contributed by atoms with van der Waals surface area (Å²) in [6.07, 6.45) is 6.69. The second-order valence-corrected chi connectivity index (χ2v) is 12.7. The van der Waals surface area contributed by atoms with Crippen LogP contribution in [0.5, 0.6) is 0 Å². The van der Waals surface area contributed by atoms with E-state index in [2.05, 4.69) is 35.5 Å². The molecule has 1 aliphatic heterocycles. The Morgan fingerprint density at radius 2 is 1.95 bits per heavy atom. The summed E-state index contributed by atoms with van der Waals surface area (Å²) in [7, 11) is -0.976. The lowest BCUT2D eigenvalue weighted by Gasteiger charge is -2.36. The highest BCUT2D eigenvalue weighted by Crippen LogP contribution is 2.41. The number of hydrogen-bond donors (Lipinski definition) is 0. The van der Waals surface area contributed by atoms with Gasteiger partial charge in [0.05, 0.1) is 12.5 Å². The van der Waals surface area contributed by atoms with Crippen molar-refractivity contribution in [1.29, 1.82) is 0 Å². The van der Waals surface area contributed by atoms with Gasteiger partial charge in [-0.2, -0.15) is 0 Å². The molecule has 3 heteroatoms. The summed E-state index contributed by atoms with van der Waals surface area (Å²) in [6.45, 7) is 4.86. The summed E-state index contributed by atoms with van der Waals surface area (Å²) in [5.74, 6) is 0.473. The van der Waals surface area contributed by atoms with E-state index in [1.807, 2.05) is 6.07 Å². The number of hydrogen-bond acceptors (Lipinski definition) is 0. The normalized spacial score (nSPS) is 26.7. The van der Waals surface area contributed by atoms with Crippen molar-refractivity contribution >= 4 is 24.0 Å². The summed E-state index contributed by atoms with van der Waals surface area (Å²) >= 11 is 3.24. The summed E-state index contributed by atoms with van der Waals surface area (Å²) in [6, 6.07) is 10.0. The van der Waals surface area contributed by atoms with E-state index in [-0.39, 0.29) is 5.82 Å². The molecule has 0 aromatic heterocycles. The van der Waals surface area contributed by atoms with Crippen molar-refractivity contribution in [2.45, 2.75) is 69.6 Å². The zero-order valence-corrected chi connectivity index (χ0v) is 15.3. The molecule has 2 rings (SSSR count). The first-order chi connectivity index (χ1) is 9.54. The van der Waals surface area contributed by atoms with Gasteiger partial charge in [-0.05, 0) is 52.4 Å². The maximum Gasteiger partial charge on any atom is 0.137 e. The third-order valence-electron chi connectivity index (χ3n) is 4.99. The molecule has 1 aromatic carbocycles. The van der Waals surface area contributed by atoms with E-state index < -0.39 is 8.07 Å². The molecule has 0 saturated carbocycles. The van der Waals surface area contributed by atoms with Crippen molar-refractivity contribution in [3.05, 3.63) is 34.1 Å². The smallest absolute Gasteiger partial charge is 0.137 e. The molecule has 1 saturated heterocycles. The first-order valence-electron chi connectivity index (χ1n) is 7.99. The Labute approximate surface area is 132 Å². The molecule has 1 fully saturated rings. The van der Waals surface area contributed by atoms with Crippen molar-refractivity contribution in [2.24, 2.45) is 0 Å². The quantitative estimate of drug-likeness (QED) is 0.405. The van der Waals surface area contributed by atoms with Crippen LogP contribution < -0.4 is 0 Å². The Balaban J connectivity index is 1.91. The van der Waals surface area contributed by atoms with Crippen molar-refractivity contribution in [3.8, 4) is 0 Å². The SMILES string of the molecule is CCCCC[Si]1(C)CCC(c2ccc(Br)c(F)c2)CC1. The van der Waals surface area contributed by atoms with E-state index in [1.165, 1.54) is 55.8 Å². The molecule has 1 aromatic rings. The number of rotatable bonds is 5. The van der Waals surface area contributed by atoms with E-state index in [0.29, 0.717) is 10.4 Å². The van der Waals surface area contributed by atoms with Crippen LogP contribution in [0, 0.1) is 5.82 Å². The first-order valence-corrected chi connectivity index (χ1v) is 11.9. The fourth-order valence-electron chi connectivity index (χ4n) is 3.47. The molecule has 0 atom stereocenters. The van der Waals surface area contributed by atoms with E-state index in [9.17, 15) is 4.39 Å². The van der Waals surface area contributed by atoms with Crippen molar-refractivity contribution in [1.82, 2.24) is 0 Å². The highest BCUT2D eigenvalue weighted by Gasteiger charge is 2.32. The highest BCUT2D eigenvalue weighted by atomic mass is 79.9. The minimum atomic E-state index is -0.976. The molecule has 0 amide bonds. The van der Waals surface area contributed by atoms with Gasteiger partial charge in [-0.25, -0.2) is 4.39 Å². The van der Waals surface area contributed by atoms with Crippen LogP contribution in [0.4, 0.5) is 4.39 Å². The molecule has 0 radical (unpaired) electrons. The van der Waals surface area contributed by atoms with Crippen LogP contribution in [0.1, 0.15) is 50.5 Å². The maximum absolute atomic E-state index is 13.7. The van der Waals surface area contributed by atoms with Gasteiger partial charge in [0.15, 0.2) is 0 Å². The minimum absolute atomic E-state index is 0.115. The van der Waals surface area contributed by atoms with E-state index >= 15 is 0 Å². The first kappa shape index (κ1) is 16.2. The average Bonchev–Trinajstić information content (AvgIpc) is 2.43. The fourth-order valence-corrected chi connectivity index (χ4v) is 7.66. The molecule has 1 heterocycles. The van der Waals surface area contributed by atoms with Crippen LogP contribution in [-0.2, 0) is 0 Å². The van der Waals surface area contributed by atoms with Crippen molar-refractivity contribution in [3.63, 3.8) is 0 Å². The fraction of sp³-hybridized carbons (Fsp3) is 0.647. The zero-order chi connectivity index (χ0) is 14.6. The molecular weight excluding hydrogens is 331 g/mol. The van der Waals surface area contributed by atoms with Gasteiger partial charge in [-0.1, -0.05) is 56.9 Å². The van der Waals surface area contributed by atoms with E-state index in [1.54, 1.807) is 6.07 Å². The lowest BCUT2D eigenvalue weighted by molar-refractivity contribution is 0.578. The minimum Gasteiger partial charge on any atom is -0.206 e. The Hall–Kier alpha value is -0.153. The van der Waals surface area contributed by atoms with Crippen LogP contribution >= 0.6 is 15.9 Å². The van der Waals surface area contributed by atoms with E-state index in [0.717, 1.165) is 0 Å². The Morgan fingerprint density at radius 1 is 1.25 bits per heavy atom. The Morgan fingerprint density at radius 3 is 2.55 bits per heavy atom. The molecule has 20 heavy (non-hydrogen) atoms. The predicted molar refractivity (Wildman–Crippen MR) is 91.6 cm³/mol. The summed E-state index contributed by atoms with van der Waals surface area (Å²) in [4.78, 5) is 0. The molecule has 0 bridgehead atoms. The van der Waals surface area contributed by atoms with Gasteiger partial charge in [0.25, 0.3) is 0 Å². The van der Waals surface area contributed by atoms with Crippen molar-refractivity contribution < 1.29 is 4.39 Å². The Kier molecular flexibility index (Phi) is 5.85. The predicted octanol–water partition coefficient (Wildman–Crippen LogP) is 6.73. The highest BCUT2D eigenvalue weighted by molar-refractivity contribution is 9.10. The van der Waals surface area contributed by atoms with Crippen LogP contribution in [0.3, 0.4) is 0 Å². The monoisotopic (exact) mass is 356 g/mol. The average molecular weight is 357 g/mol. The van der Waals surface area contributed by atoms with Gasteiger partial charge in [0, 0.05) is 0 Å². The Bertz CT molecular complexity index is 439. The molecule has 1 aliphatic rings. The number of unbranched alkanes of at least 4 members (excludes halogenated alkanes) is 2. The second-order valence-electron chi connectivity index (χ2n) is 6.72. The van der Waals surface area contributed by atoms with Crippen molar-refractivity contribution in [2.75, 3.05) is 0 Å². The van der Waals surface area contributed by atoms with E-state index in [4.69, 9.17) is 0 Å². The molecule has 0 unspecified atom stereocenters. The standard InChI is InChI=1S/C17H26BrFSi/c1-3-4-5-10-20(2)11-8-14(9-12-20)15-6-7-16(18)17(19)13-15/h6-7,13-14H,3-5,8-12H2,1-2H3. The summed E-state index contributed by atoms with van der Waals surface area (Å²) < 4.78 is 14.2. The molecule has 0 N–H and O–H groups in total. The van der Waals surface area contributed by atoms with Gasteiger partial charge in [0.2, 0.25) is 0 Å². The third-order valence-corrected chi connectivity index (χ3v) is 10.2. The lowest BCUT2D eigenvalue weighted by atomic mass is 9.93. The number of benzene rings is 1. The summed E-state index contributed by atoms with van der Waals surface area (Å²) in [5, 5.41) is 0. The maximum atomic E-state index is 13.7. The zero-order valence-electron chi connectivity index (χ0n) is 12.7. The van der Waals surface area contributed by atoms with Gasteiger partial charge in [-0.3, -0.25) is 0 Å². The van der Waals surface area contributed by atoms with Crippen LogP contribution in [0.25, 0.3) is 0 Å². The molecule has 0 nitrogen and oxygen atoms in total. The third kappa shape index (κ3) is 4.17. The summed E-state index contributed by atoms with van der Waals surface area (Å²) in [5.41, 5.74) is 1.20. The van der Waals surface area contributed by atoms with Gasteiger partial charge in [0.1, 0.15) is 5.82 Å². The van der Waals surface area contributed by atoms with Crippen LogP contribution in [0.15, 0.2) is 22.7 Å². The van der Waals surface area contributed by atoms with Gasteiger partial charge in [-0.15, -0.1) is 0 Å². The molecular formula is C17H26BrFSi. The molecule has 112 valence electrons. The molecule has 0 spiro atoms. The van der Waals surface area contributed by atoms with Gasteiger partial charge >= 0.3 is 0 Å².